The zero-order valence-electron chi connectivity index (χ0n) is 18.2. The fourth-order valence-corrected chi connectivity index (χ4v) is 4.84. The van der Waals surface area contributed by atoms with E-state index in [-0.39, 0.29) is 18.0 Å². The van der Waals surface area contributed by atoms with Gasteiger partial charge in [0.1, 0.15) is 24.6 Å². The number of hydrogen-bond donors (Lipinski definition) is 0. The molecule has 0 spiro atoms. The van der Waals surface area contributed by atoms with Crippen molar-refractivity contribution in [2.75, 3.05) is 19.8 Å². The molecule has 4 aromatic rings. The van der Waals surface area contributed by atoms with E-state index in [1.165, 1.54) is 22.2 Å². The van der Waals surface area contributed by atoms with Gasteiger partial charge in [0.25, 0.3) is 5.56 Å². The molecule has 0 atom stereocenters. The number of carbonyl (C=O) groups excluding carboxylic acids is 1. The first-order valence-corrected chi connectivity index (χ1v) is 11.6. The zero-order valence-corrected chi connectivity index (χ0v) is 19.0. The molecule has 168 valence electrons. The average Bonchev–Trinajstić information content (AvgIpc) is 3.30. The lowest BCUT2D eigenvalue weighted by Crippen LogP contribution is -2.36. The summed E-state index contributed by atoms with van der Waals surface area (Å²) in [4.78, 5) is 33.9. The maximum atomic E-state index is 13.1. The second-order valence-corrected chi connectivity index (χ2v) is 8.79. The van der Waals surface area contributed by atoms with Crippen molar-refractivity contribution in [1.29, 1.82) is 0 Å². The van der Waals surface area contributed by atoms with Crippen molar-refractivity contribution >= 4 is 27.5 Å². The van der Waals surface area contributed by atoms with Crippen LogP contribution in [-0.4, -0.2) is 40.1 Å². The Morgan fingerprint density at radius 1 is 1.09 bits per heavy atom. The van der Waals surface area contributed by atoms with Gasteiger partial charge in [-0.1, -0.05) is 36.4 Å². The number of amides is 1. The number of hydrogen-bond acceptors (Lipinski definition) is 6. The molecule has 1 aliphatic rings. The number of likely N-dealkylation sites (N-methyl/N-ethyl adjacent to an activating group) is 1. The van der Waals surface area contributed by atoms with Crippen molar-refractivity contribution < 1.29 is 14.3 Å². The van der Waals surface area contributed by atoms with Crippen molar-refractivity contribution in [2.24, 2.45) is 0 Å². The minimum absolute atomic E-state index is 0.0588. The maximum Gasteiger partial charge on any atom is 0.262 e. The van der Waals surface area contributed by atoms with E-state index in [1.807, 2.05) is 61.5 Å². The Labute approximate surface area is 194 Å². The highest BCUT2D eigenvalue weighted by Crippen LogP contribution is 2.32. The molecule has 1 amide bonds. The summed E-state index contributed by atoms with van der Waals surface area (Å²) in [6, 6.07) is 17.5. The third-order valence-corrected chi connectivity index (χ3v) is 6.69. The molecule has 0 aliphatic carbocycles. The summed E-state index contributed by atoms with van der Waals surface area (Å²) in [6.45, 7) is 3.86. The van der Waals surface area contributed by atoms with Crippen LogP contribution < -0.4 is 15.0 Å². The van der Waals surface area contributed by atoms with E-state index in [4.69, 9.17) is 9.47 Å². The number of ether oxygens (including phenoxy) is 2. The van der Waals surface area contributed by atoms with Gasteiger partial charge in [-0.25, -0.2) is 4.98 Å². The number of fused-ring (bicyclic) bond motifs is 2. The summed E-state index contributed by atoms with van der Waals surface area (Å²) in [5.41, 5.74) is 1.78. The number of benzene rings is 2. The van der Waals surface area contributed by atoms with E-state index in [0.717, 1.165) is 21.8 Å². The smallest absolute Gasteiger partial charge is 0.262 e. The molecule has 7 nitrogen and oxygen atoms in total. The second kappa shape index (κ2) is 9.07. The molecule has 3 heterocycles. The monoisotopic (exact) mass is 461 g/mol. The highest BCUT2D eigenvalue weighted by molar-refractivity contribution is 7.21. The van der Waals surface area contributed by atoms with Gasteiger partial charge in [-0.15, -0.1) is 11.3 Å². The van der Waals surface area contributed by atoms with Crippen LogP contribution in [0.1, 0.15) is 12.5 Å². The van der Waals surface area contributed by atoms with Gasteiger partial charge in [-0.2, -0.15) is 0 Å². The first-order valence-electron chi connectivity index (χ1n) is 10.8. The van der Waals surface area contributed by atoms with E-state index < -0.39 is 0 Å². The normalized spacial score (nSPS) is 12.6. The molecule has 2 aromatic heterocycles. The van der Waals surface area contributed by atoms with Crippen molar-refractivity contribution in [3.63, 3.8) is 0 Å². The van der Waals surface area contributed by atoms with E-state index in [9.17, 15) is 9.59 Å². The summed E-state index contributed by atoms with van der Waals surface area (Å²) in [5.74, 6) is 1.27. The van der Waals surface area contributed by atoms with Gasteiger partial charge < -0.3 is 14.4 Å². The molecule has 0 N–H and O–H groups in total. The number of aromatic nitrogens is 2. The molecule has 0 unspecified atom stereocenters. The lowest BCUT2D eigenvalue weighted by Gasteiger charge is -2.23. The summed E-state index contributed by atoms with van der Waals surface area (Å²) in [7, 11) is 0. The maximum absolute atomic E-state index is 13.1. The molecule has 33 heavy (non-hydrogen) atoms. The Morgan fingerprint density at radius 2 is 1.88 bits per heavy atom. The lowest BCUT2D eigenvalue weighted by atomic mass is 10.1. The highest BCUT2D eigenvalue weighted by atomic mass is 32.1. The Kier molecular flexibility index (Phi) is 5.83. The van der Waals surface area contributed by atoms with Gasteiger partial charge in [0.05, 0.1) is 11.7 Å². The van der Waals surface area contributed by atoms with Crippen molar-refractivity contribution in [3.05, 3.63) is 76.8 Å². The molecule has 0 radical (unpaired) electrons. The number of rotatable bonds is 6. The largest absolute Gasteiger partial charge is 0.486 e. The van der Waals surface area contributed by atoms with Gasteiger partial charge in [0, 0.05) is 18.0 Å². The quantitative estimate of drug-likeness (QED) is 0.435. The van der Waals surface area contributed by atoms with Crippen LogP contribution in [0.25, 0.3) is 20.7 Å². The molecule has 5 rings (SSSR count). The molecule has 8 heteroatoms. The number of thiophene rings is 1. The van der Waals surface area contributed by atoms with Crippen LogP contribution >= 0.6 is 11.3 Å². The van der Waals surface area contributed by atoms with Crippen LogP contribution in [0.15, 0.2) is 65.7 Å². The molecule has 0 fully saturated rings. The third kappa shape index (κ3) is 4.34. The molecular formula is C25H23N3O4S. The van der Waals surface area contributed by atoms with E-state index in [1.54, 1.807) is 4.90 Å². The van der Waals surface area contributed by atoms with Crippen molar-refractivity contribution in [2.45, 2.75) is 20.0 Å². The van der Waals surface area contributed by atoms with E-state index in [0.29, 0.717) is 42.3 Å². The SMILES string of the molecule is CCN(Cc1ccc2c(c1)OCCO2)C(=O)Cn1cnc2sc(-c3ccccc3)cc2c1=O. The van der Waals surface area contributed by atoms with Gasteiger partial charge in [-0.05, 0) is 36.2 Å². The molecule has 1 aliphatic heterocycles. The summed E-state index contributed by atoms with van der Waals surface area (Å²) < 4.78 is 12.6. The molecule has 2 aromatic carbocycles. The van der Waals surface area contributed by atoms with Gasteiger partial charge in [-0.3, -0.25) is 14.2 Å². The first kappa shape index (κ1) is 21.2. The summed E-state index contributed by atoms with van der Waals surface area (Å²) in [5, 5.41) is 0.532. The molecule has 0 saturated heterocycles. The molecule has 0 bridgehead atoms. The second-order valence-electron chi connectivity index (χ2n) is 7.76. The van der Waals surface area contributed by atoms with Gasteiger partial charge >= 0.3 is 0 Å². The van der Waals surface area contributed by atoms with E-state index >= 15 is 0 Å². The third-order valence-electron chi connectivity index (χ3n) is 5.60. The van der Waals surface area contributed by atoms with E-state index in [2.05, 4.69) is 4.98 Å². The van der Waals surface area contributed by atoms with Crippen molar-refractivity contribution in [1.82, 2.24) is 14.5 Å². The highest BCUT2D eigenvalue weighted by Gasteiger charge is 2.18. The average molecular weight is 462 g/mol. The Balaban J connectivity index is 1.35. The molecule has 0 saturated carbocycles. The van der Waals surface area contributed by atoms with Crippen LogP contribution in [0.2, 0.25) is 0 Å². The Bertz CT molecular complexity index is 1360. The van der Waals surface area contributed by atoms with Crippen molar-refractivity contribution in [3.8, 4) is 21.9 Å². The van der Waals surface area contributed by atoms with Crippen LogP contribution in [0.4, 0.5) is 0 Å². The number of carbonyl (C=O) groups is 1. The predicted octanol–water partition coefficient (Wildman–Crippen LogP) is 3.94. The van der Waals surface area contributed by atoms with Gasteiger partial charge in [0.15, 0.2) is 11.5 Å². The standard InChI is InChI=1S/C25H23N3O4S/c1-2-27(14-17-8-9-20-21(12-17)32-11-10-31-20)23(29)15-28-16-26-24-19(25(28)30)13-22(33-24)18-6-4-3-5-7-18/h3-9,12-13,16H,2,10-11,14-15H2,1H3. The van der Waals surface area contributed by atoms with Crippen LogP contribution in [0.3, 0.4) is 0 Å². The zero-order chi connectivity index (χ0) is 22.8. The van der Waals surface area contributed by atoms with Crippen LogP contribution in [0.5, 0.6) is 11.5 Å². The fraction of sp³-hybridized carbons (Fsp3) is 0.240. The number of nitrogens with zero attached hydrogens (tertiary/aromatic N) is 3. The first-order chi connectivity index (χ1) is 16.1. The predicted molar refractivity (Wildman–Crippen MR) is 128 cm³/mol. The lowest BCUT2D eigenvalue weighted by molar-refractivity contribution is -0.132. The minimum Gasteiger partial charge on any atom is -0.486 e. The van der Waals surface area contributed by atoms with Crippen LogP contribution in [0, 0.1) is 0 Å². The molecular weight excluding hydrogens is 438 g/mol. The Hall–Kier alpha value is -3.65. The van der Waals surface area contributed by atoms with Crippen LogP contribution in [-0.2, 0) is 17.9 Å². The summed E-state index contributed by atoms with van der Waals surface area (Å²) >= 11 is 1.47. The Morgan fingerprint density at radius 3 is 2.67 bits per heavy atom. The fourth-order valence-electron chi connectivity index (χ4n) is 3.85. The topological polar surface area (TPSA) is 73.7 Å². The summed E-state index contributed by atoms with van der Waals surface area (Å²) in [6.07, 6.45) is 1.46. The minimum atomic E-state index is -0.206. The van der Waals surface area contributed by atoms with Gasteiger partial charge in [0.2, 0.25) is 5.91 Å².